The Labute approximate surface area is 120 Å². The van der Waals surface area contributed by atoms with Gasteiger partial charge in [-0.15, -0.1) is 11.3 Å². The van der Waals surface area contributed by atoms with Gasteiger partial charge in [-0.2, -0.15) is 4.98 Å². The molecule has 2 aromatic rings. The van der Waals surface area contributed by atoms with Gasteiger partial charge in [-0.05, 0) is 32.9 Å². The summed E-state index contributed by atoms with van der Waals surface area (Å²) >= 11 is 1.62. The zero-order valence-electron chi connectivity index (χ0n) is 11.6. The van der Waals surface area contributed by atoms with Crippen LogP contribution < -0.4 is 5.69 Å². The van der Waals surface area contributed by atoms with Crippen LogP contribution in [0.25, 0.3) is 0 Å². The molecule has 0 unspecified atom stereocenters. The highest BCUT2D eigenvalue weighted by Gasteiger charge is 2.14. The maximum absolute atomic E-state index is 12.0. The predicted octanol–water partition coefficient (Wildman–Crippen LogP) is 1.91. The molecule has 5 nitrogen and oxygen atoms in total. The normalized spacial score (nSPS) is 10.8. The Bertz CT molecular complexity index is 716. The van der Waals surface area contributed by atoms with Crippen LogP contribution in [0.5, 0.6) is 0 Å². The number of hydrogen-bond donors (Lipinski definition) is 1. The first-order valence-corrected chi connectivity index (χ1v) is 7.04. The van der Waals surface area contributed by atoms with Gasteiger partial charge in [0.25, 0.3) is 0 Å². The number of nitrogens with zero attached hydrogens (tertiary/aromatic N) is 2. The quantitative estimate of drug-likeness (QED) is 0.934. The highest BCUT2D eigenvalue weighted by Crippen LogP contribution is 2.18. The molecule has 0 aliphatic rings. The van der Waals surface area contributed by atoms with Crippen LogP contribution in [0.2, 0.25) is 0 Å². The largest absolute Gasteiger partial charge is 0.481 e. The van der Waals surface area contributed by atoms with Crippen molar-refractivity contribution in [3.63, 3.8) is 0 Å². The zero-order chi connectivity index (χ0) is 14.9. The molecule has 0 fully saturated rings. The first-order chi connectivity index (χ1) is 9.38. The van der Waals surface area contributed by atoms with Gasteiger partial charge in [-0.3, -0.25) is 9.36 Å². The van der Waals surface area contributed by atoms with Gasteiger partial charge in [-0.25, -0.2) is 4.79 Å². The maximum atomic E-state index is 12.0. The summed E-state index contributed by atoms with van der Waals surface area (Å²) < 4.78 is 1.54. The van der Waals surface area contributed by atoms with Gasteiger partial charge in [0.1, 0.15) is 0 Å². The van der Waals surface area contributed by atoms with E-state index in [2.05, 4.69) is 4.98 Å². The molecule has 106 valence electrons. The van der Waals surface area contributed by atoms with Crippen LogP contribution >= 0.6 is 11.3 Å². The van der Waals surface area contributed by atoms with Crippen molar-refractivity contribution in [1.29, 1.82) is 0 Å². The summed E-state index contributed by atoms with van der Waals surface area (Å²) in [6, 6.07) is 3.97. The van der Waals surface area contributed by atoms with Gasteiger partial charge in [0.2, 0.25) is 0 Å². The average molecular weight is 292 g/mol. The van der Waals surface area contributed by atoms with Crippen LogP contribution in [-0.2, 0) is 17.8 Å². The van der Waals surface area contributed by atoms with Crippen LogP contribution in [0, 0.1) is 20.8 Å². The number of aliphatic carboxylic acids is 1. The Kier molecular flexibility index (Phi) is 4.04. The van der Waals surface area contributed by atoms with E-state index in [4.69, 9.17) is 5.11 Å². The molecule has 2 rings (SSSR count). The molecule has 0 aliphatic carbocycles. The summed E-state index contributed by atoms with van der Waals surface area (Å²) in [5.74, 6) is -0.921. The summed E-state index contributed by atoms with van der Waals surface area (Å²) in [6.45, 7) is 5.89. The van der Waals surface area contributed by atoms with Crippen LogP contribution in [0.15, 0.2) is 16.9 Å². The van der Waals surface area contributed by atoms with Gasteiger partial charge in [0.15, 0.2) is 0 Å². The number of rotatable bonds is 4. The van der Waals surface area contributed by atoms with Crippen LogP contribution in [0.3, 0.4) is 0 Å². The predicted molar refractivity (Wildman–Crippen MR) is 77.5 cm³/mol. The number of thiophene rings is 1. The molecular formula is C14H16N2O3S. The fraction of sp³-hybridized carbons (Fsp3) is 0.357. The third kappa shape index (κ3) is 2.96. The minimum absolute atomic E-state index is 0.117. The molecule has 0 aromatic carbocycles. The lowest BCUT2D eigenvalue weighted by Gasteiger charge is -2.13. The molecule has 0 radical (unpaired) electrons. The molecule has 0 spiro atoms. The van der Waals surface area contributed by atoms with Crippen molar-refractivity contribution >= 4 is 17.3 Å². The average Bonchev–Trinajstić information content (AvgIpc) is 2.75. The van der Waals surface area contributed by atoms with Crippen molar-refractivity contribution in [3.8, 4) is 0 Å². The van der Waals surface area contributed by atoms with Crippen molar-refractivity contribution in [3.05, 3.63) is 49.3 Å². The van der Waals surface area contributed by atoms with Gasteiger partial charge < -0.3 is 5.11 Å². The highest BCUT2D eigenvalue weighted by molar-refractivity contribution is 7.11. The van der Waals surface area contributed by atoms with Crippen molar-refractivity contribution in [2.45, 2.75) is 33.7 Å². The lowest BCUT2D eigenvalue weighted by atomic mass is 10.1. The number of aryl methyl sites for hydroxylation is 2. The van der Waals surface area contributed by atoms with Gasteiger partial charge in [0.05, 0.1) is 13.0 Å². The van der Waals surface area contributed by atoms with E-state index in [0.29, 0.717) is 23.5 Å². The molecular weight excluding hydrogens is 276 g/mol. The van der Waals surface area contributed by atoms with Gasteiger partial charge in [0, 0.05) is 26.7 Å². The van der Waals surface area contributed by atoms with Crippen LogP contribution in [-0.4, -0.2) is 20.6 Å². The van der Waals surface area contributed by atoms with E-state index >= 15 is 0 Å². The Hall–Kier alpha value is -1.95. The molecule has 2 heterocycles. The number of carbonyl (C=O) groups is 1. The molecule has 0 saturated heterocycles. The number of aromatic nitrogens is 2. The highest BCUT2D eigenvalue weighted by atomic mass is 32.1. The fourth-order valence-electron chi connectivity index (χ4n) is 2.16. The third-order valence-corrected chi connectivity index (χ3v) is 4.20. The smallest absolute Gasteiger partial charge is 0.348 e. The van der Waals surface area contributed by atoms with Crippen LogP contribution in [0.4, 0.5) is 0 Å². The third-order valence-electron chi connectivity index (χ3n) is 3.21. The standard InChI is InChI=1S/C14H16N2O3S/c1-8-4-5-11(20-8)7-16-10(3)12(6-13(17)18)9(2)15-14(16)19/h4-5H,6-7H2,1-3H3,(H,17,18). The molecule has 0 saturated carbocycles. The Morgan fingerprint density at radius 1 is 1.35 bits per heavy atom. The van der Waals surface area contributed by atoms with E-state index in [9.17, 15) is 9.59 Å². The lowest BCUT2D eigenvalue weighted by Crippen LogP contribution is -2.28. The minimum atomic E-state index is -0.921. The van der Waals surface area contributed by atoms with Gasteiger partial charge in [-0.1, -0.05) is 0 Å². The second-order valence-corrected chi connectivity index (χ2v) is 6.09. The van der Waals surface area contributed by atoms with E-state index in [-0.39, 0.29) is 12.1 Å². The SMILES string of the molecule is Cc1ccc(Cn2c(C)c(CC(=O)O)c(C)nc2=O)s1. The Morgan fingerprint density at radius 3 is 2.60 bits per heavy atom. The molecule has 2 aromatic heterocycles. The summed E-state index contributed by atoms with van der Waals surface area (Å²) in [6.07, 6.45) is -0.117. The molecule has 0 atom stereocenters. The van der Waals surface area contributed by atoms with Crippen LogP contribution in [0.1, 0.15) is 26.7 Å². The minimum Gasteiger partial charge on any atom is -0.481 e. The van der Waals surface area contributed by atoms with Crippen molar-refractivity contribution in [1.82, 2.24) is 9.55 Å². The zero-order valence-corrected chi connectivity index (χ0v) is 12.5. The Morgan fingerprint density at radius 2 is 2.05 bits per heavy atom. The summed E-state index contributed by atoms with van der Waals surface area (Å²) in [4.78, 5) is 29.1. The molecule has 20 heavy (non-hydrogen) atoms. The second kappa shape index (κ2) is 5.58. The van der Waals surface area contributed by atoms with E-state index in [1.54, 1.807) is 25.2 Å². The summed E-state index contributed by atoms with van der Waals surface area (Å²) in [5.41, 5.74) is 1.45. The fourth-order valence-corrected chi connectivity index (χ4v) is 3.04. The van der Waals surface area contributed by atoms with Crippen molar-refractivity contribution < 1.29 is 9.90 Å². The Balaban J connectivity index is 2.47. The van der Waals surface area contributed by atoms with Crippen molar-refractivity contribution in [2.75, 3.05) is 0 Å². The maximum Gasteiger partial charge on any atom is 0.348 e. The van der Waals surface area contributed by atoms with E-state index in [0.717, 1.165) is 4.88 Å². The molecule has 0 amide bonds. The monoisotopic (exact) mass is 292 g/mol. The van der Waals surface area contributed by atoms with E-state index in [1.165, 1.54) is 9.44 Å². The molecule has 6 heteroatoms. The lowest BCUT2D eigenvalue weighted by molar-refractivity contribution is -0.136. The first-order valence-electron chi connectivity index (χ1n) is 6.22. The second-order valence-electron chi connectivity index (χ2n) is 4.71. The summed E-state index contributed by atoms with van der Waals surface area (Å²) in [7, 11) is 0. The van der Waals surface area contributed by atoms with Crippen molar-refractivity contribution in [2.24, 2.45) is 0 Å². The topological polar surface area (TPSA) is 72.2 Å². The first kappa shape index (κ1) is 14.5. The summed E-state index contributed by atoms with van der Waals surface area (Å²) in [5, 5.41) is 8.96. The van der Waals surface area contributed by atoms with E-state index < -0.39 is 5.97 Å². The molecule has 1 N–H and O–H groups in total. The molecule has 0 aliphatic heterocycles. The number of carboxylic acids is 1. The van der Waals surface area contributed by atoms with E-state index in [1.807, 2.05) is 19.1 Å². The van der Waals surface area contributed by atoms with Gasteiger partial charge >= 0.3 is 11.7 Å². The molecule has 0 bridgehead atoms. The number of hydrogen-bond acceptors (Lipinski definition) is 4. The number of carboxylic acid groups (broad SMARTS) is 1.